The Morgan fingerprint density at radius 1 is 1.29 bits per heavy atom. The summed E-state index contributed by atoms with van der Waals surface area (Å²) in [6, 6.07) is 0. The Balaban J connectivity index is 0.00000529. The number of nitrogens with zero attached hydrogens (tertiary/aromatic N) is 1. The maximum absolute atomic E-state index is 12.6. The fourth-order valence-corrected chi connectivity index (χ4v) is 4.78. The second-order valence-corrected chi connectivity index (χ2v) is 7.92. The summed E-state index contributed by atoms with van der Waals surface area (Å²) in [6.45, 7) is 3.75. The van der Waals surface area contributed by atoms with Crippen LogP contribution in [0.3, 0.4) is 0 Å². The van der Waals surface area contributed by atoms with Crippen LogP contribution in [0, 0.1) is 0 Å². The average Bonchev–Trinajstić information content (AvgIpc) is 2.99. The first-order valence-electron chi connectivity index (χ1n) is 7.52. The number of aromatic nitrogens is 2. The van der Waals surface area contributed by atoms with E-state index in [0.717, 1.165) is 0 Å². The number of carbonyl (C=O) groups excluding carboxylic acids is 2. The van der Waals surface area contributed by atoms with Crippen LogP contribution >= 0.6 is 12.4 Å². The summed E-state index contributed by atoms with van der Waals surface area (Å²) >= 11 is 0. The Labute approximate surface area is 148 Å². The van der Waals surface area contributed by atoms with Crippen LogP contribution in [0.4, 0.5) is 0 Å². The summed E-state index contributed by atoms with van der Waals surface area (Å²) in [4.78, 5) is 30.4. The molecule has 0 saturated carbocycles. The molecule has 1 aromatic heterocycles. The van der Waals surface area contributed by atoms with Crippen LogP contribution in [0.15, 0.2) is 12.5 Å². The van der Waals surface area contributed by atoms with Gasteiger partial charge in [0.05, 0.1) is 23.5 Å². The zero-order valence-electron chi connectivity index (χ0n) is 13.8. The zero-order chi connectivity index (χ0) is 17.7. The lowest BCUT2D eigenvalue weighted by molar-refractivity contribution is -0.120. The van der Waals surface area contributed by atoms with Crippen molar-refractivity contribution < 1.29 is 18.0 Å². The summed E-state index contributed by atoms with van der Waals surface area (Å²) < 4.78 is 25.3. The minimum absolute atomic E-state index is 0. The van der Waals surface area contributed by atoms with Crippen molar-refractivity contribution in [1.29, 1.82) is 0 Å². The highest BCUT2D eigenvalue weighted by atomic mass is 35.5. The van der Waals surface area contributed by atoms with Gasteiger partial charge in [-0.05, 0) is 12.8 Å². The van der Waals surface area contributed by atoms with Crippen molar-refractivity contribution in [2.75, 3.05) is 5.75 Å². The molecule has 0 saturated heterocycles. The minimum atomic E-state index is -3.77. The lowest BCUT2D eigenvalue weighted by atomic mass is 9.95. The first-order valence-corrected chi connectivity index (χ1v) is 9.24. The normalized spacial score (nSPS) is 14.0. The summed E-state index contributed by atoms with van der Waals surface area (Å²) in [5.41, 5.74) is 8.72. The molecule has 1 atom stereocenters. The number of hydrogen-bond donors (Lipinski definition) is 3. The van der Waals surface area contributed by atoms with Crippen LogP contribution in [0.1, 0.15) is 50.0 Å². The predicted molar refractivity (Wildman–Crippen MR) is 93.7 cm³/mol. The van der Waals surface area contributed by atoms with Gasteiger partial charge in [0, 0.05) is 0 Å². The summed E-state index contributed by atoms with van der Waals surface area (Å²) in [5.74, 6) is -2.86. The Hall–Kier alpha value is -1.45. The molecule has 138 valence electrons. The highest BCUT2D eigenvalue weighted by Crippen LogP contribution is 2.21. The van der Waals surface area contributed by atoms with Crippen LogP contribution in [-0.4, -0.2) is 46.6 Å². The fraction of sp³-hybridized carbons (Fsp3) is 0.643. The minimum Gasteiger partial charge on any atom is -0.368 e. The number of imidazole rings is 1. The van der Waals surface area contributed by atoms with Gasteiger partial charge >= 0.3 is 0 Å². The molecule has 1 unspecified atom stereocenters. The summed E-state index contributed by atoms with van der Waals surface area (Å²) in [6.07, 6.45) is 4.65. The third-order valence-corrected chi connectivity index (χ3v) is 6.09. The Morgan fingerprint density at radius 2 is 1.83 bits per heavy atom. The molecular formula is C14H25ClN4O4S. The summed E-state index contributed by atoms with van der Waals surface area (Å²) in [7, 11) is -3.77. The van der Waals surface area contributed by atoms with E-state index in [0.29, 0.717) is 25.7 Å². The largest absolute Gasteiger partial charge is 0.368 e. The van der Waals surface area contributed by atoms with Gasteiger partial charge in [-0.3, -0.25) is 9.59 Å². The number of sulfone groups is 1. The highest BCUT2D eigenvalue weighted by molar-refractivity contribution is 7.92. The van der Waals surface area contributed by atoms with E-state index in [1.807, 2.05) is 13.8 Å². The van der Waals surface area contributed by atoms with Crippen molar-refractivity contribution in [1.82, 2.24) is 9.97 Å². The van der Waals surface area contributed by atoms with Crippen LogP contribution < -0.4 is 11.5 Å². The Morgan fingerprint density at radius 3 is 2.21 bits per heavy atom. The second-order valence-electron chi connectivity index (χ2n) is 5.64. The van der Waals surface area contributed by atoms with Gasteiger partial charge in [-0.25, -0.2) is 13.4 Å². The number of primary amides is 1. The quantitative estimate of drug-likeness (QED) is 0.399. The van der Waals surface area contributed by atoms with Gasteiger partial charge in [0.1, 0.15) is 5.69 Å². The number of hydrogen-bond acceptors (Lipinski definition) is 6. The molecule has 1 amide bonds. The topological polar surface area (TPSA) is 149 Å². The third-order valence-electron chi connectivity index (χ3n) is 3.75. The SMILES string of the molecule is CCCC(CCC)S(=O)(=O)CC(N)(C(N)=O)C(=O)c1cnc[nH]1.Cl. The first-order chi connectivity index (χ1) is 10.7. The number of H-pyrrole nitrogens is 1. The molecule has 24 heavy (non-hydrogen) atoms. The molecule has 1 heterocycles. The standard InChI is InChI=1S/C14H24N4O4S.ClH/c1-3-5-10(6-4-2)23(21,22)8-14(16,13(15)20)12(19)11-7-17-9-18-11;/h7,9-10H,3-6,8,16H2,1-2H3,(H2,15,20)(H,17,18);1H. The van der Waals surface area contributed by atoms with Crippen LogP contribution in [0.25, 0.3) is 0 Å². The number of aromatic amines is 1. The van der Waals surface area contributed by atoms with Gasteiger partial charge in [0.15, 0.2) is 15.4 Å². The van der Waals surface area contributed by atoms with Crippen molar-refractivity contribution in [3.05, 3.63) is 18.2 Å². The van der Waals surface area contributed by atoms with Gasteiger partial charge in [-0.2, -0.15) is 0 Å². The highest BCUT2D eigenvalue weighted by Gasteiger charge is 2.46. The first kappa shape index (κ1) is 22.6. The maximum Gasteiger partial charge on any atom is 0.246 e. The van der Waals surface area contributed by atoms with E-state index in [4.69, 9.17) is 11.5 Å². The molecule has 0 aliphatic heterocycles. The maximum atomic E-state index is 12.6. The van der Waals surface area contributed by atoms with Crippen LogP contribution in [0.2, 0.25) is 0 Å². The van der Waals surface area contributed by atoms with Crippen LogP contribution in [-0.2, 0) is 14.6 Å². The molecule has 0 fully saturated rings. The number of nitrogens with two attached hydrogens (primary N) is 2. The molecule has 0 bridgehead atoms. The van der Waals surface area contributed by atoms with Gasteiger partial charge in [0.25, 0.3) is 0 Å². The molecule has 0 spiro atoms. The number of nitrogens with one attached hydrogen (secondary N) is 1. The molecule has 0 aliphatic rings. The lowest BCUT2D eigenvalue weighted by Crippen LogP contribution is -2.63. The molecule has 0 radical (unpaired) electrons. The van der Waals surface area contributed by atoms with Crippen molar-refractivity contribution >= 4 is 33.9 Å². The number of carbonyl (C=O) groups is 2. The molecule has 0 aromatic carbocycles. The molecule has 1 rings (SSSR count). The smallest absolute Gasteiger partial charge is 0.246 e. The third kappa shape index (κ3) is 5.02. The van der Waals surface area contributed by atoms with E-state index in [9.17, 15) is 18.0 Å². The van der Waals surface area contributed by atoms with E-state index >= 15 is 0 Å². The molecular weight excluding hydrogens is 356 g/mol. The molecule has 8 nitrogen and oxygen atoms in total. The molecule has 5 N–H and O–H groups in total. The Bertz CT molecular complexity index is 642. The number of amides is 1. The van der Waals surface area contributed by atoms with Gasteiger partial charge in [0.2, 0.25) is 11.7 Å². The molecule has 0 aliphatic carbocycles. The van der Waals surface area contributed by atoms with Gasteiger partial charge in [-0.15, -0.1) is 12.4 Å². The Kier molecular flexibility index (Phi) is 8.59. The summed E-state index contributed by atoms with van der Waals surface area (Å²) in [5, 5.41) is -0.644. The van der Waals surface area contributed by atoms with Crippen molar-refractivity contribution in [2.45, 2.75) is 50.3 Å². The molecule has 1 aromatic rings. The lowest BCUT2D eigenvalue weighted by Gasteiger charge is -2.26. The zero-order valence-corrected chi connectivity index (χ0v) is 15.5. The average molecular weight is 381 g/mol. The van der Waals surface area contributed by atoms with Crippen molar-refractivity contribution in [3.8, 4) is 0 Å². The molecule has 10 heteroatoms. The fourth-order valence-electron chi connectivity index (χ4n) is 2.45. The van der Waals surface area contributed by atoms with E-state index < -0.39 is 38.1 Å². The van der Waals surface area contributed by atoms with Crippen LogP contribution in [0.5, 0.6) is 0 Å². The van der Waals surface area contributed by atoms with Crippen molar-refractivity contribution in [3.63, 3.8) is 0 Å². The van der Waals surface area contributed by atoms with Crippen molar-refractivity contribution in [2.24, 2.45) is 11.5 Å². The number of ketones is 1. The predicted octanol–water partition coefficient (Wildman–Crippen LogP) is 0.581. The van der Waals surface area contributed by atoms with Gasteiger partial charge in [-0.1, -0.05) is 26.7 Å². The van der Waals surface area contributed by atoms with E-state index in [-0.39, 0.29) is 18.1 Å². The number of halogens is 1. The number of rotatable bonds is 10. The van der Waals surface area contributed by atoms with E-state index in [2.05, 4.69) is 9.97 Å². The number of Topliss-reactive ketones (excluding diaryl/α,β-unsaturated/α-hetero) is 1. The van der Waals surface area contributed by atoms with E-state index in [1.54, 1.807) is 0 Å². The van der Waals surface area contributed by atoms with Gasteiger partial charge < -0.3 is 16.5 Å². The van der Waals surface area contributed by atoms with E-state index in [1.165, 1.54) is 12.5 Å². The monoisotopic (exact) mass is 380 g/mol. The second kappa shape index (κ2) is 9.14.